The van der Waals surface area contributed by atoms with Gasteiger partial charge < -0.3 is 10.8 Å². The summed E-state index contributed by atoms with van der Waals surface area (Å²) in [5, 5.41) is 8.57. The van der Waals surface area contributed by atoms with Crippen LogP contribution in [0.5, 0.6) is 0 Å². The van der Waals surface area contributed by atoms with E-state index in [2.05, 4.69) is 6.58 Å². The fraction of sp³-hybridized carbons (Fsp3) is 0.300. The molecule has 0 spiro atoms. The SMILES string of the molecule is C=C/C=C(C(=O)O)\C(N)=C/C.CC. The molecule has 0 rings (SSSR count). The van der Waals surface area contributed by atoms with Gasteiger partial charge in [-0.2, -0.15) is 0 Å². The lowest BCUT2D eigenvalue weighted by atomic mass is 10.2. The largest absolute Gasteiger partial charge is 0.478 e. The number of carboxylic acid groups (broad SMARTS) is 1. The van der Waals surface area contributed by atoms with Crippen molar-refractivity contribution in [2.24, 2.45) is 5.73 Å². The van der Waals surface area contributed by atoms with Gasteiger partial charge in [-0.1, -0.05) is 32.6 Å². The van der Waals surface area contributed by atoms with Crippen molar-refractivity contribution in [1.29, 1.82) is 0 Å². The first-order valence-electron chi connectivity index (χ1n) is 4.11. The number of nitrogens with two attached hydrogens (primary N) is 1. The summed E-state index contributed by atoms with van der Waals surface area (Å²) in [6.45, 7) is 9.05. The number of rotatable bonds is 3. The lowest BCUT2D eigenvalue weighted by molar-refractivity contribution is -0.132. The van der Waals surface area contributed by atoms with Crippen LogP contribution in [0.15, 0.2) is 36.1 Å². The van der Waals surface area contributed by atoms with Gasteiger partial charge in [-0.3, -0.25) is 0 Å². The highest BCUT2D eigenvalue weighted by Crippen LogP contribution is 2.03. The molecule has 0 aromatic rings. The van der Waals surface area contributed by atoms with Crippen molar-refractivity contribution in [1.82, 2.24) is 0 Å². The van der Waals surface area contributed by atoms with Crippen LogP contribution in [-0.2, 0) is 4.79 Å². The summed E-state index contributed by atoms with van der Waals surface area (Å²) >= 11 is 0. The van der Waals surface area contributed by atoms with E-state index in [0.29, 0.717) is 0 Å². The highest BCUT2D eigenvalue weighted by atomic mass is 16.4. The third-order valence-corrected chi connectivity index (χ3v) is 1.14. The second kappa shape index (κ2) is 8.59. The Hall–Kier alpha value is -1.51. The van der Waals surface area contributed by atoms with Crippen LogP contribution in [0.25, 0.3) is 0 Å². The summed E-state index contributed by atoms with van der Waals surface area (Å²) in [5.74, 6) is -1.04. The van der Waals surface area contributed by atoms with Crippen LogP contribution in [0.4, 0.5) is 0 Å². The number of carbonyl (C=O) groups is 1. The maximum absolute atomic E-state index is 10.5. The molecule has 74 valence electrons. The van der Waals surface area contributed by atoms with Crippen LogP contribution in [0, 0.1) is 0 Å². The monoisotopic (exact) mass is 183 g/mol. The molecule has 0 unspecified atom stereocenters. The summed E-state index contributed by atoms with van der Waals surface area (Å²) in [7, 11) is 0. The second-order valence-electron chi connectivity index (χ2n) is 1.87. The summed E-state index contributed by atoms with van der Waals surface area (Å²) in [6, 6.07) is 0. The maximum Gasteiger partial charge on any atom is 0.337 e. The van der Waals surface area contributed by atoms with E-state index in [4.69, 9.17) is 10.8 Å². The van der Waals surface area contributed by atoms with Gasteiger partial charge in [-0.15, -0.1) is 0 Å². The summed E-state index contributed by atoms with van der Waals surface area (Å²) in [4.78, 5) is 10.5. The molecule has 0 aliphatic carbocycles. The summed E-state index contributed by atoms with van der Waals surface area (Å²) < 4.78 is 0. The lowest BCUT2D eigenvalue weighted by Gasteiger charge is -1.98. The zero-order valence-corrected chi connectivity index (χ0v) is 8.37. The fourth-order valence-corrected chi connectivity index (χ4v) is 0.564. The average Bonchev–Trinajstić information content (AvgIpc) is 2.15. The molecule has 0 bridgehead atoms. The smallest absolute Gasteiger partial charge is 0.337 e. The second-order valence-corrected chi connectivity index (χ2v) is 1.87. The van der Waals surface area contributed by atoms with Gasteiger partial charge in [-0.05, 0) is 13.0 Å². The molecular weight excluding hydrogens is 166 g/mol. The van der Waals surface area contributed by atoms with Crippen molar-refractivity contribution >= 4 is 5.97 Å². The van der Waals surface area contributed by atoms with Gasteiger partial charge in [0.1, 0.15) is 0 Å². The number of allylic oxidation sites excluding steroid dienone is 3. The third-order valence-electron chi connectivity index (χ3n) is 1.14. The van der Waals surface area contributed by atoms with E-state index in [-0.39, 0.29) is 11.3 Å². The standard InChI is InChI=1S/C8H11NO2.C2H6/c1-3-5-6(8(10)11)7(9)4-2;1-2/h3-5H,1,9H2,2H3,(H,10,11);1-2H3/b6-5+,7-4+;. The predicted octanol–water partition coefficient (Wildman–Crippen LogP) is 2.07. The molecule has 3 N–H and O–H groups in total. The van der Waals surface area contributed by atoms with E-state index < -0.39 is 5.97 Å². The first kappa shape index (κ1) is 14.0. The molecule has 0 heterocycles. The molecule has 0 radical (unpaired) electrons. The molecule has 3 nitrogen and oxygen atoms in total. The van der Waals surface area contributed by atoms with Gasteiger partial charge >= 0.3 is 5.97 Å². The van der Waals surface area contributed by atoms with Crippen LogP contribution in [0.1, 0.15) is 20.8 Å². The molecule has 0 aromatic carbocycles. The first-order valence-corrected chi connectivity index (χ1v) is 4.11. The van der Waals surface area contributed by atoms with Gasteiger partial charge in [0.2, 0.25) is 0 Å². The molecule has 0 atom stereocenters. The number of hydrogen-bond acceptors (Lipinski definition) is 2. The van der Waals surface area contributed by atoms with E-state index in [1.807, 2.05) is 13.8 Å². The van der Waals surface area contributed by atoms with Crippen LogP contribution in [0.3, 0.4) is 0 Å². The molecule has 0 saturated heterocycles. The van der Waals surface area contributed by atoms with E-state index in [1.165, 1.54) is 18.2 Å². The predicted molar refractivity (Wildman–Crippen MR) is 55.2 cm³/mol. The normalized spacial score (nSPS) is 11.3. The van der Waals surface area contributed by atoms with Gasteiger partial charge in [0.15, 0.2) is 0 Å². The first-order chi connectivity index (χ1) is 6.13. The van der Waals surface area contributed by atoms with E-state index in [0.717, 1.165) is 0 Å². The number of aliphatic carboxylic acids is 1. The van der Waals surface area contributed by atoms with Crippen molar-refractivity contribution < 1.29 is 9.90 Å². The third kappa shape index (κ3) is 5.73. The quantitative estimate of drug-likeness (QED) is 0.520. The van der Waals surface area contributed by atoms with Gasteiger partial charge in [0.25, 0.3) is 0 Å². The zero-order chi connectivity index (χ0) is 10.9. The Morgan fingerprint density at radius 1 is 1.46 bits per heavy atom. The highest BCUT2D eigenvalue weighted by Gasteiger charge is 2.07. The fourth-order valence-electron chi connectivity index (χ4n) is 0.564. The Kier molecular flexibility index (Phi) is 9.27. The molecule has 0 aliphatic heterocycles. The molecular formula is C10H17NO2. The van der Waals surface area contributed by atoms with Crippen LogP contribution in [-0.4, -0.2) is 11.1 Å². The van der Waals surface area contributed by atoms with Crippen molar-refractivity contribution in [2.45, 2.75) is 20.8 Å². The lowest BCUT2D eigenvalue weighted by Crippen LogP contribution is -2.09. The van der Waals surface area contributed by atoms with Crippen LogP contribution >= 0.6 is 0 Å². The molecule has 0 fully saturated rings. The Labute approximate surface area is 79.3 Å². The molecule has 0 aliphatic rings. The molecule has 0 amide bonds. The van der Waals surface area contributed by atoms with Crippen molar-refractivity contribution in [2.75, 3.05) is 0 Å². The average molecular weight is 183 g/mol. The van der Waals surface area contributed by atoms with E-state index in [9.17, 15) is 4.79 Å². The van der Waals surface area contributed by atoms with Crippen LogP contribution in [0.2, 0.25) is 0 Å². The minimum Gasteiger partial charge on any atom is -0.478 e. The van der Waals surface area contributed by atoms with Crippen LogP contribution < -0.4 is 5.73 Å². The highest BCUT2D eigenvalue weighted by molar-refractivity contribution is 5.91. The van der Waals surface area contributed by atoms with E-state index in [1.54, 1.807) is 6.92 Å². The molecule has 3 heteroatoms. The Balaban J connectivity index is 0. The van der Waals surface area contributed by atoms with Gasteiger partial charge in [0, 0.05) is 5.70 Å². The maximum atomic E-state index is 10.5. The minimum atomic E-state index is -1.04. The molecule has 0 saturated carbocycles. The topological polar surface area (TPSA) is 63.3 Å². The molecule has 0 aromatic heterocycles. The van der Waals surface area contributed by atoms with Crippen molar-refractivity contribution in [3.05, 3.63) is 36.1 Å². The van der Waals surface area contributed by atoms with Crippen molar-refractivity contribution in [3.8, 4) is 0 Å². The number of carboxylic acids is 1. The summed E-state index contributed by atoms with van der Waals surface area (Å²) in [5.41, 5.74) is 5.69. The zero-order valence-electron chi connectivity index (χ0n) is 8.37. The Morgan fingerprint density at radius 2 is 1.92 bits per heavy atom. The number of hydrogen-bond donors (Lipinski definition) is 2. The van der Waals surface area contributed by atoms with Gasteiger partial charge in [0.05, 0.1) is 5.57 Å². The minimum absolute atomic E-state index is 0.0718. The van der Waals surface area contributed by atoms with Crippen molar-refractivity contribution in [3.63, 3.8) is 0 Å². The molecule has 13 heavy (non-hydrogen) atoms. The van der Waals surface area contributed by atoms with E-state index >= 15 is 0 Å². The van der Waals surface area contributed by atoms with Gasteiger partial charge in [-0.25, -0.2) is 4.79 Å². The Morgan fingerprint density at radius 3 is 2.15 bits per heavy atom. The Bertz CT molecular complexity index is 227. The summed E-state index contributed by atoms with van der Waals surface area (Å²) in [6.07, 6.45) is 4.28.